The van der Waals surface area contributed by atoms with Crippen LogP contribution in [-0.2, 0) is 9.59 Å². The molecule has 0 radical (unpaired) electrons. The summed E-state index contributed by atoms with van der Waals surface area (Å²) in [6.45, 7) is 5.00. The molecule has 0 aromatic heterocycles. The summed E-state index contributed by atoms with van der Waals surface area (Å²) in [7, 11) is 0. The molecule has 2 aliphatic heterocycles. The van der Waals surface area contributed by atoms with E-state index in [1.807, 2.05) is 6.92 Å². The molecule has 2 aliphatic rings. The van der Waals surface area contributed by atoms with Gasteiger partial charge in [-0.3, -0.25) is 24.1 Å². The Hall–Kier alpha value is -3.88. The van der Waals surface area contributed by atoms with E-state index in [1.54, 1.807) is 43.3 Å². The van der Waals surface area contributed by atoms with Crippen LogP contribution in [0.15, 0.2) is 36.4 Å². The molecule has 0 unspecified atom stereocenters. The number of aryl methyl sites for hydroxylation is 1. The molecular formula is C25H27N3O6. The number of hydrogen-bond donors (Lipinski definition) is 1. The molecule has 2 heterocycles. The van der Waals surface area contributed by atoms with Crippen LogP contribution in [0.1, 0.15) is 46.0 Å². The summed E-state index contributed by atoms with van der Waals surface area (Å²) in [5.74, 6) is -0.0191. The predicted octanol–water partition coefficient (Wildman–Crippen LogP) is 2.63. The first-order chi connectivity index (χ1) is 16.4. The van der Waals surface area contributed by atoms with Crippen LogP contribution >= 0.6 is 0 Å². The smallest absolute Gasteiger partial charge is 0.261 e. The number of hydrogen-bond acceptors (Lipinski definition) is 6. The number of likely N-dealkylation sites (N-methyl/N-ethyl adjacent to an activating group) is 1. The largest absolute Gasteiger partial charge is 0.486 e. The molecule has 178 valence electrons. The average Bonchev–Trinajstić information content (AvgIpc) is 3.06. The maximum absolute atomic E-state index is 12.7. The first kappa shape index (κ1) is 23.3. The fourth-order valence-electron chi connectivity index (χ4n) is 4.03. The van der Waals surface area contributed by atoms with Gasteiger partial charge in [0.05, 0.1) is 17.7 Å². The van der Waals surface area contributed by atoms with E-state index in [1.165, 1.54) is 9.80 Å². The molecule has 0 bridgehead atoms. The molecule has 9 heteroatoms. The Kier molecular flexibility index (Phi) is 6.81. The number of nitrogens with one attached hydrogen (secondary N) is 1. The molecule has 4 rings (SSSR count). The Morgan fingerprint density at radius 2 is 1.74 bits per heavy atom. The lowest BCUT2D eigenvalue weighted by atomic mass is 10.1. The third-order valence-corrected chi connectivity index (χ3v) is 5.79. The summed E-state index contributed by atoms with van der Waals surface area (Å²) in [6, 6.07) is 10.3. The number of nitrogens with zero attached hydrogens (tertiary/aromatic N) is 2. The first-order valence-electron chi connectivity index (χ1n) is 11.3. The lowest BCUT2D eigenvalue weighted by molar-refractivity contribution is -0.134. The van der Waals surface area contributed by atoms with E-state index in [2.05, 4.69) is 5.32 Å². The predicted molar refractivity (Wildman–Crippen MR) is 124 cm³/mol. The number of carbonyl (C=O) groups excluding carboxylic acids is 4. The number of amides is 4. The summed E-state index contributed by atoms with van der Waals surface area (Å²) >= 11 is 0. The molecule has 0 spiro atoms. The second-order valence-corrected chi connectivity index (χ2v) is 8.23. The lowest BCUT2D eigenvalue weighted by Crippen LogP contribution is -2.38. The van der Waals surface area contributed by atoms with Gasteiger partial charge in [-0.1, -0.05) is 11.6 Å². The Labute approximate surface area is 197 Å². The number of fused-ring (bicyclic) bond motifs is 2. The monoisotopic (exact) mass is 465 g/mol. The summed E-state index contributed by atoms with van der Waals surface area (Å²) in [5.41, 5.74) is 2.26. The highest BCUT2D eigenvalue weighted by Crippen LogP contribution is 2.32. The lowest BCUT2D eigenvalue weighted by Gasteiger charge is -2.22. The zero-order valence-electron chi connectivity index (χ0n) is 19.3. The van der Waals surface area contributed by atoms with E-state index < -0.39 is 0 Å². The molecule has 0 fully saturated rings. The maximum atomic E-state index is 12.7. The van der Waals surface area contributed by atoms with Crippen LogP contribution in [0.5, 0.6) is 11.5 Å². The van der Waals surface area contributed by atoms with E-state index in [0.29, 0.717) is 54.5 Å². The van der Waals surface area contributed by atoms with Crippen molar-refractivity contribution in [2.75, 3.05) is 38.2 Å². The van der Waals surface area contributed by atoms with Gasteiger partial charge in [-0.25, -0.2) is 0 Å². The number of imide groups is 1. The minimum absolute atomic E-state index is 0.101. The number of benzene rings is 2. The van der Waals surface area contributed by atoms with Gasteiger partial charge in [0, 0.05) is 31.3 Å². The van der Waals surface area contributed by atoms with Gasteiger partial charge in [0.15, 0.2) is 11.5 Å². The number of ether oxygens (including phenoxy) is 2. The van der Waals surface area contributed by atoms with Crippen LogP contribution in [0.25, 0.3) is 0 Å². The zero-order chi connectivity index (χ0) is 24.2. The molecule has 0 atom stereocenters. The SMILES string of the molecule is CCN(CC(=O)Nc1ccc2c(c1)OCCO2)C(=O)CCCN1C(=O)c2ccc(C)cc2C1=O. The van der Waals surface area contributed by atoms with Gasteiger partial charge < -0.3 is 19.7 Å². The van der Waals surface area contributed by atoms with Crippen molar-refractivity contribution in [2.24, 2.45) is 0 Å². The topological polar surface area (TPSA) is 105 Å². The van der Waals surface area contributed by atoms with Gasteiger partial charge in [-0.2, -0.15) is 0 Å². The van der Waals surface area contributed by atoms with Crippen molar-refractivity contribution in [3.8, 4) is 11.5 Å². The highest BCUT2D eigenvalue weighted by Gasteiger charge is 2.35. The highest BCUT2D eigenvalue weighted by atomic mass is 16.6. The number of anilines is 1. The van der Waals surface area contributed by atoms with Gasteiger partial charge in [0.25, 0.3) is 11.8 Å². The Morgan fingerprint density at radius 3 is 2.50 bits per heavy atom. The minimum Gasteiger partial charge on any atom is -0.486 e. The van der Waals surface area contributed by atoms with E-state index in [-0.39, 0.29) is 43.1 Å². The molecule has 2 aromatic rings. The Balaban J connectivity index is 1.27. The second kappa shape index (κ2) is 9.94. The zero-order valence-corrected chi connectivity index (χ0v) is 19.3. The summed E-state index contributed by atoms with van der Waals surface area (Å²) in [4.78, 5) is 52.9. The van der Waals surface area contributed by atoms with Crippen LogP contribution in [0.3, 0.4) is 0 Å². The van der Waals surface area contributed by atoms with Crippen LogP contribution in [-0.4, -0.2) is 66.3 Å². The van der Waals surface area contributed by atoms with Crippen molar-refractivity contribution >= 4 is 29.3 Å². The van der Waals surface area contributed by atoms with Crippen LogP contribution in [0.2, 0.25) is 0 Å². The molecular weight excluding hydrogens is 438 g/mol. The minimum atomic E-state index is -0.335. The number of carbonyl (C=O) groups is 4. The van der Waals surface area contributed by atoms with Gasteiger partial charge >= 0.3 is 0 Å². The molecule has 4 amide bonds. The molecule has 1 N–H and O–H groups in total. The van der Waals surface area contributed by atoms with Crippen molar-refractivity contribution in [3.05, 3.63) is 53.1 Å². The van der Waals surface area contributed by atoms with Gasteiger partial charge in [0.2, 0.25) is 11.8 Å². The normalized spacial score (nSPS) is 14.1. The third kappa shape index (κ3) is 4.88. The van der Waals surface area contributed by atoms with Gasteiger partial charge in [0.1, 0.15) is 13.2 Å². The van der Waals surface area contributed by atoms with Crippen molar-refractivity contribution in [1.82, 2.24) is 9.80 Å². The molecule has 0 saturated carbocycles. The van der Waals surface area contributed by atoms with Gasteiger partial charge in [-0.15, -0.1) is 0 Å². The van der Waals surface area contributed by atoms with Crippen molar-refractivity contribution in [2.45, 2.75) is 26.7 Å². The average molecular weight is 466 g/mol. The van der Waals surface area contributed by atoms with Gasteiger partial charge in [-0.05, 0) is 44.5 Å². The number of rotatable bonds is 8. The summed E-state index contributed by atoms with van der Waals surface area (Å²) < 4.78 is 11.0. The Morgan fingerprint density at radius 1 is 1.00 bits per heavy atom. The maximum Gasteiger partial charge on any atom is 0.261 e. The summed E-state index contributed by atoms with van der Waals surface area (Å²) in [5, 5.41) is 2.77. The third-order valence-electron chi connectivity index (χ3n) is 5.79. The van der Waals surface area contributed by atoms with E-state index in [0.717, 1.165) is 5.56 Å². The molecule has 9 nitrogen and oxygen atoms in total. The van der Waals surface area contributed by atoms with Crippen LogP contribution < -0.4 is 14.8 Å². The van der Waals surface area contributed by atoms with Crippen LogP contribution in [0, 0.1) is 6.92 Å². The highest BCUT2D eigenvalue weighted by molar-refractivity contribution is 6.21. The standard InChI is InChI=1S/C25H27N3O6/c1-3-27(15-22(29)26-17-7-9-20-21(14-17)34-12-11-33-20)23(30)5-4-10-28-24(31)18-8-6-16(2)13-19(18)25(28)32/h6-9,13-14H,3-5,10-12,15H2,1-2H3,(H,26,29). The van der Waals surface area contributed by atoms with Crippen molar-refractivity contribution in [1.29, 1.82) is 0 Å². The van der Waals surface area contributed by atoms with Crippen LogP contribution in [0.4, 0.5) is 5.69 Å². The Bertz CT molecular complexity index is 1150. The first-order valence-corrected chi connectivity index (χ1v) is 11.3. The molecule has 0 aliphatic carbocycles. The van der Waals surface area contributed by atoms with E-state index in [4.69, 9.17) is 9.47 Å². The molecule has 34 heavy (non-hydrogen) atoms. The molecule has 0 saturated heterocycles. The quantitative estimate of drug-likeness (QED) is 0.601. The van der Waals surface area contributed by atoms with E-state index >= 15 is 0 Å². The molecule has 2 aromatic carbocycles. The van der Waals surface area contributed by atoms with Crippen molar-refractivity contribution < 1.29 is 28.7 Å². The van der Waals surface area contributed by atoms with E-state index in [9.17, 15) is 19.2 Å². The fraction of sp³-hybridized carbons (Fsp3) is 0.360. The summed E-state index contributed by atoms with van der Waals surface area (Å²) in [6.07, 6.45) is 0.446. The fourth-order valence-corrected chi connectivity index (χ4v) is 4.03. The second-order valence-electron chi connectivity index (χ2n) is 8.23. The van der Waals surface area contributed by atoms with Crippen molar-refractivity contribution in [3.63, 3.8) is 0 Å².